The minimum Gasteiger partial charge on any atom is -0.550 e. The molecule has 0 radical (unpaired) electrons. The van der Waals surface area contributed by atoms with Gasteiger partial charge in [-0.05, 0) is 31.0 Å². The number of hydrogen-bond donors (Lipinski definition) is 1. The predicted octanol–water partition coefficient (Wildman–Crippen LogP) is 2.86. The van der Waals surface area contributed by atoms with Gasteiger partial charge in [0, 0.05) is 34.4 Å². The number of carboxylic acid groups (broad SMARTS) is 1. The smallest absolute Gasteiger partial charge is 0.228 e. The molecule has 0 spiro atoms. The maximum absolute atomic E-state index is 12.5. The average molecular weight is 334 g/mol. The van der Waals surface area contributed by atoms with Gasteiger partial charge in [0.25, 0.3) is 0 Å². The van der Waals surface area contributed by atoms with E-state index in [1.807, 2.05) is 36.4 Å². The van der Waals surface area contributed by atoms with Crippen molar-refractivity contribution in [3.05, 3.63) is 54.6 Å². The van der Waals surface area contributed by atoms with Gasteiger partial charge in [-0.25, -0.2) is 0 Å². The molecule has 2 aromatic carbocycles. The van der Waals surface area contributed by atoms with Crippen LogP contribution in [0.1, 0.15) is 12.8 Å². The highest BCUT2D eigenvalue weighted by molar-refractivity contribution is 6.06. The molecule has 2 atom stereocenters. The van der Waals surface area contributed by atoms with Crippen molar-refractivity contribution in [3.8, 4) is 0 Å². The third-order valence-corrected chi connectivity index (χ3v) is 4.72. The van der Waals surface area contributed by atoms with E-state index in [2.05, 4.69) is 5.32 Å². The van der Waals surface area contributed by atoms with Gasteiger partial charge >= 0.3 is 0 Å². The number of para-hydroxylation sites is 1. The molecule has 5 nitrogen and oxygen atoms in total. The SMILES string of the molecule is O=C(Nc1ccc2c(c1)oc1ccccc12)[C@H]1CC=CC[C@H]1C(=O)[O-]. The van der Waals surface area contributed by atoms with Gasteiger partial charge in [0.2, 0.25) is 5.91 Å². The van der Waals surface area contributed by atoms with E-state index in [1.54, 1.807) is 18.2 Å². The summed E-state index contributed by atoms with van der Waals surface area (Å²) >= 11 is 0. The van der Waals surface area contributed by atoms with Crippen molar-refractivity contribution in [2.45, 2.75) is 12.8 Å². The largest absolute Gasteiger partial charge is 0.550 e. The van der Waals surface area contributed by atoms with Crippen LogP contribution in [0.5, 0.6) is 0 Å². The topological polar surface area (TPSA) is 82.4 Å². The van der Waals surface area contributed by atoms with Crippen LogP contribution in [0.2, 0.25) is 0 Å². The lowest BCUT2D eigenvalue weighted by molar-refractivity contribution is -0.313. The summed E-state index contributed by atoms with van der Waals surface area (Å²) in [6.45, 7) is 0. The fourth-order valence-electron chi connectivity index (χ4n) is 3.40. The number of rotatable bonds is 3. The second kappa shape index (κ2) is 6.09. The van der Waals surface area contributed by atoms with Crippen molar-refractivity contribution in [2.75, 3.05) is 5.32 Å². The summed E-state index contributed by atoms with van der Waals surface area (Å²) in [7, 11) is 0. The second-order valence-electron chi connectivity index (χ2n) is 6.27. The molecule has 0 aliphatic heterocycles. The molecule has 5 heteroatoms. The van der Waals surface area contributed by atoms with E-state index >= 15 is 0 Å². The molecule has 1 aliphatic carbocycles. The van der Waals surface area contributed by atoms with Crippen molar-refractivity contribution < 1.29 is 19.1 Å². The number of anilines is 1. The molecule has 1 amide bonds. The first-order valence-electron chi connectivity index (χ1n) is 8.21. The zero-order valence-corrected chi connectivity index (χ0v) is 13.4. The van der Waals surface area contributed by atoms with Crippen LogP contribution in [-0.2, 0) is 9.59 Å². The highest BCUT2D eigenvalue weighted by Crippen LogP contribution is 2.31. The van der Waals surface area contributed by atoms with Crippen LogP contribution in [-0.4, -0.2) is 11.9 Å². The number of hydrogen-bond acceptors (Lipinski definition) is 4. The van der Waals surface area contributed by atoms with Crippen LogP contribution in [0, 0.1) is 11.8 Å². The van der Waals surface area contributed by atoms with E-state index in [-0.39, 0.29) is 5.91 Å². The Labute approximate surface area is 143 Å². The number of carbonyl (C=O) groups excluding carboxylic acids is 2. The number of carbonyl (C=O) groups is 2. The molecule has 0 saturated carbocycles. The second-order valence-corrected chi connectivity index (χ2v) is 6.27. The van der Waals surface area contributed by atoms with E-state index in [0.29, 0.717) is 24.1 Å². The summed E-state index contributed by atoms with van der Waals surface area (Å²) in [5.41, 5.74) is 2.05. The number of nitrogens with one attached hydrogen (secondary N) is 1. The Morgan fingerprint density at radius 3 is 2.48 bits per heavy atom. The number of amides is 1. The highest BCUT2D eigenvalue weighted by Gasteiger charge is 2.29. The summed E-state index contributed by atoms with van der Waals surface area (Å²) in [6.07, 6.45) is 4.34. The van der Waals surface area contributed by atoms with Crippen molar-refractivity contribution >= 4 is 39.5 Å². The number of benzene rings is 2. The predicted molar refractivity (Wildman–Crippen MR) is 92.7 cm³/mol. The first kappa shape index (κ1) is 15.4. The van der Waals surface area contributed by atoms with Crippen molar-refractivity contribution in [1.29, 1.82) is 0 Å². The van der Waals surface area contributed by atoms with E-state index in [4.69, 9.17) is 4.42 Å². The van der Waals surface area contributed by atoms with Crippen LogP contribution in [0.15, 0.2) is 59.0 Å². The normalized spacial score (nSPS) is 20.0. The molecule has 0 fully saturated rings. The van der Waals surface area contributed by atoms with Gasteiger partial charge in [-0.2, -0.15) is 0 Å². The number of allylic oxidation sites excluding steroid dienone is 2. The summed E-state index contributed by atoms with van der Waals surface area (Å²) < 4.78 is 5.81. The van der Waals surface area contributed by atoms with E-state index in [1.165, 1.54) is 0 Å². The van der Waals surface area contributed by atoms with Gasteiger partial charge in [-0.15, -0.1) is 0 Å². The van der Waals surface area contributed by atoms with Crippen LogP contribution in [0.3, 0.4) is 0 Å². The van der Waals surface area contributed by atoms with Gasteiger partial charge in [0.1, 0.15) is 11.2 Å². The quantitative estimate of drug-likeness (QED) is 0.747. The molecule has 0 unspecified atom stereocenters. The lowest BCUT2D eigenvalue weighted by Gasteiger charge is -2.28. The van der Waals surface area contributed by atoms with Gasteiger partial charge < -0.3 is 19.6 Å². The summed E-state index contributed by atoms with van der Waals surface area (Å²) in [5, 5.41) is 16.1. The Kier molecular flexibility index (Phi) is 3.76. The van der Waals surface area contributed by atoms with Crippen molar-refractivity contribution in [2.24, 2.45) is 11.8 Å². The third kappa shape index (κ3) is 2.78. The Morgan fingerprint density at radius 1 is 0.960 bits per heavy atom. The zero-order valence-electron chi connectivity index (χ0n) is 13.4. The first-order chi connectivity index (χ1) is 12.1. The Morgan fingerprint density at radius 2 is 1.68 bits per heavy atom. The molecule has 3 aromatic rings. The molecule has 1 N–H and O–H groups in total. The van der Waals surface area contributed by atoms with Gasteiger partial charge in [-0.3, -0.25) is 4.79 Å². The number of fused-ring (bicyclic) bond motifs is 3. The van der Waals surface area contributed by atoms with Crippen LogP contribution < -0.4 is 10.4 Å². The van der Waals surface area contributed by atoms with E-state index < -0.39 is 17.8 Å². The maximum atomic E-state index is 12.5. The molecule has 126 valence electrons. The molecule has 1 aliphatic rings. The van der Waals surface area contributed by atoms with Crippen molar-refractivity contribution in [3.63, 3.8) is 0 Å². The zero-order chi connectivity index (χ0) is 17.4. The third-order valence-electron chi connectivity index (χ3n) is 4.72. The highest BCUT2D eigenvalue weighted by atomic mass is 16.4. The molecular weight excluding hydrogens is 318 g/mol. The van der Waals surface area contributed by atoms with Crippen LogP contribution in [0.4, 0.5) is 5.69 Å². The van der Waals surface area contributed by atoms with E-state index in [0.717, 1.165) is 16.4 Å². The average Bonchev–Trinajstić information content (AvgIpc) is 2.99. The summed E-state index contributed by atoms with van der Waals surface area (Å²) in [5.74, 6) is -2.91. The van der Waals surface area contributed by atoms with E-state index in [9.17, 15) is 14.7 Å². The molecule has 25 heavy (non-hydrogen) atoms. The molecule has 1 aromatic heterocycles. The van der Waals surface area contributed by atoms with Gasteiger partial charge in [0.15, 0.2) is 0 Å². The molecule has 0 saturated heterocycles. The molecule has 0 bridgehead atoms. The standard InChI is InChI=1S/C20H17NO4/c22-19(15-6-1-2-7-16(15)20(23)24)21-12-9-10-14-13-5-3-4-8-17(13)25-18(14)11-12/h1-5,8-11,15-16H,6-7H2,(H,21,22)(H,23,24)/p-1/t15-,16+/m0/s1. The fourth-order valence-corrected chi connectivity index (χ4v) is 3.40. The van der Waals surface area contributed by atoms with Crippen LogP contribution >= 0.6 is 0 Å². The minimum atomic E-state index is -1.18. The molecule has 1 heterocycles. The number of aliphatic carboxylic acids is 1. The fraction of sp³-hybridized carbons (Fsp3) is 0.200. The first-order valence-corrected chi connectivity index (χ1v) is 8.21. The molecular formula is C20H16NO4-. The number of furan rings is 1. The summed E-state index contributed by atoms with van der Waals surface area (Å²) in [6, 6.07) is 13.2. The maximum Gasteiger partial charge on any atom is 0.228 e. The Bertz CT molecular complexity index is 1000. The number of carboxylic acids is 1. The summed E-state index contributed by atoms with van der Waals surface area (Å²) in [4.78, 5) is 23.8. The minimum absolute atomic E-state index is 0.311. The van der Waals surface area contributed by atoms with Gasteiger partial charge in [0.05, 0.1) is 5.92 Å². The molecule has 4 rings (SSSR count). The Balaban J connectivity index is 1.61. The van der Waals surface area contributed by atoms with Crippen molar-refractivity contribution in [1.82, 2.24) is 0 Å². The lowest BCUT2D eigenvalue weighted by atomic mass is 9.82. The lowest BCUT2D eigenvalue weighted by Crippen LogP contribution is -2.41. The van der Waals surface area contributed by atoms with Crippen LogP contribution in [0.25, 0.3) is 21.9 Å². The van der Waals surface area contributed by atoms with Gasteiger partial charge in [-0.1, -0.05) is 30.4 Å². The monoisotopic (exact) mass is 334 g/mol. The Hall–Kier alpha value is -3.08.